The minimum atomic E-state index is -0.110. The number of benzene rings is 2. The highest BCUT2D eigenvalue weighted by molar-refractivity contribution is 5.92. The van der Waals surface area contributed by atoms with E-state index in [2.05, 4.69) is 10.2 Å². The van der Waals surface area contributed by atoms with Crippen LogP contribution >= 0.6 is 0 Å². The molecule has 2 aromatic rings. The minimum absolute atomic E-state index is 0.0470. The molecule has 2 rings (SSSR count). The van der Waals surface area contributed by atoms with Crippen molar-refractivity contribution >= 4 is 12.0 Å². The van der Waals surface area contributed by atoms with Gasteiger partial charge in [-0.15, -0.1) is 0 Å². The molecule has 0 aromatic heterocycles. The third kappa shape index (κ3) is 5.56. The zero-order valence-corrected chi connectivity index (χ0v) is 14.4. The molecule has 0 aliphatic heterocycles. The summed E-state index contributed by atoms with van der Waals surface area (Å²) in [6, 6.07) is 17.5. The van der Waals surface area contributed by atoms with Gasteiger partial charge in [-0.3, -0.25) is 4.79 Å². The van der Waals surface area contributed by atoms with E-state index >= 15 is 0 Å². The predicted molar refractivity (Wildman–Crippen MR) is 97.9 cm³/mol. The fourth-order valence-electron chi connectivity index (χ4n) is 2.39. The van der Waals surface area contributed by atoms with Crippen molar-refractivity contribution in [3.63, 3.8) is 0 Å². The average Bonchev–Trinajstić information content (AvgIpc) is 2.60. The Morgan fingerprint density at radius 1 is 1.12 bits per heavy atom. The number of hydrogen-bond acceptors (Lipinski definition) is 3. The second-order valence-corrected chi connectivity index (χ2v) is 5.84. The van der Waals surface area contributed by atoms with Crippen LogP contribution in [0.5, 0.6) is 5.75 Å². The van der Waals surface area contributed by atoms with Crippen molar-refractivity contribution in [3.05, 3.63) is 71.8 Å². The van der Waals surface area contributed by atoms with Crippen LogP contribution in [0.25, 0.3) is 6.08 Å². The monoisotopic (exact) mass is 324 g/mol. The van der Waals surface area contributed by atoms with E-state index in [9.17, 15) is 4.79 Å². The lowest BCUT2D eigenvalue weighted by Crippen LogP contribution is -2.34. The Balaban J connectivity index is 2.02. The van der Waals surface area contributed by atoms with Gasteiger partial charge in [0.1, 0.15) is 5.75 Å². The van der Waals surface area contributed by atoms with Gasteiger partial charge in [0.25, 0.3) is 0 Å². The van der Waals surface area contributed by atoms with Crippen LogP contribution in [0.1, 0.15) is 17.2 Å². The number of hydrogen-bond donors (Lipinski definition) is 1. The molecule has 1 N–H and O–H groups in total. The second-order valence-electron chi connectivity index (χ2n) is 5.84. The normalized spacial score (nSPS) is 12.3. The molecule has 1 atom stereocenters. The van der Waals surface area contributed by atoms with Gasteiger partial charge in [-0.05, 0) is 43.4 Å². The SMILES string of the molecule is COc1ccc(/C=C/C(=O)N[C@H](CN(C)C)c2ccccc2)cc1. The Hall–Kier alpha value is -2.59. The molecule has 0 heterocycles. The van der Waals surface area contributed by atoms with Crippen LogP contribution in [0.3, 0.4) is 0 Å². The Kier molecular flexibility index (Phi) is 6.58. The average molecular weight is 324 g/mol. The topological polar surface area (TPSA) is 41.6 Å². The number of rotatable bonds is 7. The molecule has 126 valence electrons. The lowest BCUT2D eigenvalue weighted by atomic mass is 10.1. The lowest BCUT2D eigenvalue weighted by molar-refractivity contribution is -0.117. The van der Waals surface area contributed by atoms with Gasteiger partial charge in [-0.25, -0.2) is 0 Å². The lowest BCUT2D eigenvalue weighted by Gasteiger charge is -2.22. The van der Waals surface area contributed by atoms with E-state index in [0.717, 1.165) is 23.4 Å². The van der Waals surface area contributed by atoms with Crippen LogP contribution in [0.4, 0.5) is 0 Å². The maximum atomic E-state index is 12.3. The first kappa shape index (κ1) is 17.8. The standard InChI is InChI=1S/C20H24N2O2/c1-22(2)15-19(17-7-5-4-6-8-17)21-20(23)14-11-16-9-12-18(24-3)13-10-16/h4-14,19H,15H2,1-3H3,(H,21,23)/b14-11+/t19-/m1/s1. The predicted octanol–water partition coefficient (Wildman–Crippen LogP) is 3.13. The van der Waals surface area contributed by atoms with Gasteiger partial charge in [-0.1, -0.05) is 42.5 Å². The van der Waals surface area contributed by atoms with Gasteiger partial charge in [0.05, 0.1) is 13.2 Å². The van der Waals surface area contributed by atoms with E-state index in [1.807, 2.05) is 68.7 Å². The van der Waals surface area contributed by atoms with Crippen molar-refractivity contribution in [1.29, 1.82) is 0 Å². The fraction of sp³-hybridized carbons (Fsp3) is 0.250. The van der Waals surface area contributed by atoms with E-state index < -0.39 is 0 Å². The summed E-state index contributed by atoms with van der Waals surface area (Å²) in [5.41, 5.74) is 2.05. The van der Waals surface area contributed by atoms with Gasteiger partial charge in [0.2, 0.25) is 5.91 Å². The van der Waals surface area contributed by atoms with Crippen molar-refractivity contribution in [2.24, 2.45) is 0 Å². The summed E-state index contributed by atoms with van der Waals surface area (Å²) in [6.45, 7) is 0.742. The highest BCUT2D eigenvalue weighted by atomic mass is 16.5. The van der Waals surface area contributed by atoms with Gasteiger partial charge >= 0.3 is 0 Å². The Morgan fingerprint density at radius 3 is 2.38 bits per heavy atom. The Morgan fingerprint density at radius 2 is 1.79 bits per heavy atom. The Bertz CT molecular complexity index is 664. The molecule has 0 aliphatic carbocycles. The molecule has 0 bridgehead atoms. The van der Waals surface area contributed by atoms with Crippen molar-refractivity contribution in [1.82, 2.24) is 10.2 Å². The first-order chi connectivity index (χ1) is 11.6. The molecule has 0 fully saturated rings. The number of methoxy groups -OCH3 is 1. The van der Waals surface area contributed by atoms with Crippen molar-refractivity contribution in [2.75, 3.05) is 27.7 Å². The van der Waals surface area contributed by atoms with E-state index in [4.69, 9.17) is 4.74 Å². The van der Waals surface area contributed by atoms with Crippen LogP contribution in [0.2, 0.25) is 0 Å². The summed E-state index contributed by atoms with van der Waals surface area (Å²) in [7, 11) is 5.62. The van der Waals surface area contributed by atoms with Crippen molar-refractivity contribution in [3.8, 4) is 5.75 Å². The molecule has 0 aliphatic rings. The molecule has 0 saturated heterocycles. The highest BCUT2D eigenvalue weighted by Crippen LogP contribution is 2.14. The van der Waals surface area contributed by atoms with Gasteiger partial charge < -0.3 is 15.0 Å². The van der Waals surface area contributed by atoms with E-state index in [1.54, 1.807) is 19.3 Å². The third-order valence-corrected chi connectivity index (χ3v) is 3.61. The summed E-state index contributed by atoms with van der Waals surface area (Å²) >= 11 is 0. The van der Waals surface area contributed by atoms with Crippen LogP contribution < -0.4 is 10.1 Å². The zero-order chi connectivity index (χ0) is 17.4. The van der Waals surface area contributed by atoms with Crippen LogP contribution in [-0.4, -0.2) is 38.6 Å². The number of carbonyl (C=O) groups excluding carboxylic acids is 1. The van der Waals surface area contributed by atoms with E-state index in [-0.39, 0.29) is 11.9 Å². The first-order valence-electron chi connectivity index (χ1n) is 7.91. The maximum absolute atomic E-state index is 12.3. The van der Waals surface area contributed by atoms with E-state index in [1.165, 1.54) is 0 Å². The van der Waals surface area contributed by atoms with Gasteiger partial charge in [-0.2, -0.15) is 0 Å². The smallest absolute Gasteiger partial charge is 0.244 e. The number of nitrogens with zero attached hydrogens (tertiary/aromatic N) is 1. The summed E-state index contributed by atoms with van der Waals surface area (Å²) in [4.78, 5) is 14.3. The Labute approximate surface area is 143 Å². The second kappa shape index (κ2) is 8.89. The highest BCUT2D eigenvalue weighted by Gasteiger charge is 2.13. The summed E-state index contributed by atoms with van der Waals surface area (Å²) in [5, 5.41) is 3.07. The van der Waals surface area contributed by atoms with Gasteiger partial charge in [0.15, 0.2) is 0 Å². The molecule has 0 saturated carbocycles. The number of likely N-dealkylation sites (N-methyl/N-ethyl adjacent to an activating group) is 1. The zero-order valence-electron chi connectivity index (χ0n) is 14.4. The molecule has 0 spiro atoms. The summed E-state index contributed by atoms with van der Waals surface area (Å²) in [6.07, 6.45) is 3.36. The molecule has 2 aromatic carbocycles. The first-order valence-corrected chi connectivity index (χ1v) is 7.91. The number of ether oxygens (including phenoxy) is 1. The fourth-order valence-corrected chi connectivity index (χ4v) is 2.39. The molecular formula is C20H24N2O2. The molecule has 0 unspecified atom stereocenters. The largest absolute Gasteiger partial charge is 0.497 e. The van der Waals surface area contributed by atoms with Crippen molar-refractivity contribution < 1.29 is 9.53 Å². The van der Waals surface area contributed by atoms with Crippen LogP contribution in [0, 0.1) is 0 Å². The quantitative estimate of drug-likeness (QED) is 0.796. The number of nitrogens with one attached hydrogen (secondary N) is 1. The minimum Gasteiger partial charge on any atom is -0.497 e. The third-order valence-electron chi connectivity index (χ3n) is 3.61. The molecule has 4 nitrogen and oxygen atoms in total. The molecule has 0 radical (unpaired) electrons. The van der Waals surface area contributed by atoms with E-state index in [0.29, 0.717) is 0 Å². The molecule has 4 heteroatoms. The maximum Gasteiger partial charge on any atom is 0.244 e. The van der Waals surface area contributed by atoms with Crippen LogP contribution in [-0.2, 0) is 4.79 Å². The number of carbonyl (C=O) groups is 1. The summed E-state index contributed by atoms with van der Waals surface area (Å²) < 4.78 is 5.13. The molecular weight excluding hydrogens is 300 g/mol. The van der Waals surface area contributed by atoms with Crippen molar-refractivity contribution in [2.45, 2.75) is 6.04 Å². The van der Waals surface area contributed by atoms with Gasteiger partial charge in [0, 0.05) is 12.6 Å². The molecule has 24 heavy (non-hydrogen) atoms. The molecule has 1 amide bonds. The summed E-state index contributed by atoms with van der Waals surface area (Å²) in [5.74, 6) is 0.688. The number of amides is 1. The van der Waals surface area contributed by atoms with Crippen LogP contribution in [0.15, 0.2) is 60.7 Å².